The predicted molar refractivity (Wildman–Crippen MR) is 108 cm³/mol. The maximum atomic E-state index is 12.0. The zero-order valence-corrected chi connectivity index (χ0v) is 16.9. The van der Waals surface area contributed by atoms with Gasteiger partial charge in [0.05, 0.1) is 5.56 Å². The fourth-order valence-electron chi connectivity index (χ4n) is 2.84. The van der Waals surface area contributed by atoms with Crippen LogP contribution in [0.4, 0.5) is 0 Å². The quantitative estimate of drug-likeness (QED) is 0.414. The minimum absolute atomic E-state index is 0.0828. The molecule has 7 heteroatoms. The highest BCUT2D eigenvalue weighted by atomic mass is 16.6. The van der Waals surface area contributed by atoms with Crippen molar-refractivity contribution in [3.8, 4) is 5.75 Å². The van der Waals surface area contributed by atoms with Crippen molar-refractivity contribution in [3.05, 3.63) is 68.0 Å². The first-order valence-corrected chi connectivity index (χ1v) is 9.05. The first kappa shape index (κ1) is 21.2. The number of nitrogens with zero attached hydrogens (tertiary/aromatic N) is 2. The van der Waals surface area contributed by atoms with Crippen molar-refractivity contribution in [1.82, 2.24) is 9.13 Å². The molecule has 1 heterocycles. The molecule has 0 unspecified atom stereocenters. The number of hydrogen-bond donors (Lipinski definition) is 0. The molecule has 0 atom stereocenters. The summed E-state index contributed by atoms with van der Waals surface area (Å²) < 4.78 is 12.9. The van der Waals surface area contributed by atoms with E-state index in [9.17, 15) is 14.4 Å². The summed E-state index contributed by atoms with van der Waals surface area (Å²) in [5.41, 5.74) is 1.74. The van der Waals surface area contributed by atoms with Gasteiger partial charge in [0, 0.05) is 26.4 Å². The van der Waals surface area contributed by atoms with E-state index in [4.69, 9.17) is 9.47 Å². The summed E-state index contributed by atoms with van der Waals surface area (Å²) in [5, 5.41) is 0. The van der Waals surface area contributed by atoms with Crippen LogP contribution in [0, 0.1) is 6.92 Å². The lowest BCUT2D eigenvalue weighted by Gasteiger charge is -2.12. The Balaban J connectivity index is 1.87. The number of esters is 1. The van der Waals surface area contributed by atoms with Crippen LogP contribution in [0.25, 0.3) is 6.08 Å². The van der Waals surface area contributed by atoms with Crippen molar-refractivity contribution < 1.29 is 14.3 Å². The number of hydrogen-bond acceptors (Lipinski definition) is 5. The lowest BCUT2D eigenvalue weighted by molar-refractivity contribution is -0.138. The van der Waals surface area contributed by atoms with Gasteiger partial charge in [-0.3, -0.25) is 9.36 Å². The zero-order valence-electron chi connectivity index (χ0n) is 16.9. The van der Waals surface area contributed by atoms with E-state index in [1.807, 2.05) is 25.1 Å². The number of carbonyl (C=O) groups is 1. The third-order valence-electron chi connectivity index (χ3n) is 4.33. The van der Waals surface area contributed by atoms with Crippen LogP contribution in [0.1, 0.15) is 36.5 Å². The van der Waals surface area contributed by atoms with Crippen LogP contribution >= 0.6 is 0 Å². The third-order valence-corrected chi connectivity index (χ3v) is 4.33. The van der Waals surface area contributed by atoms with Gasteiger partial charge in [0.25, 0.3) is 5.56 Å². The van der Waals surface area contributed by atoms with Gasteiger partial charge in [-0.2, -0.15) is 0 Å². The summed E-state index contributed by atoms with van der Waals surface area (Å²) in [6, 6.07) is 5.91. The number of ether oxygens (including phenoxy) is 2. The maximum Gasteiger partial charge on any atom is 0.330 e. The van der Waals surface area contributed by atoms with E-state index in [0.717, 1.165) is 22.0 Å². The molecule has 0 saturated carbocycles. The molecule has 0 aliphatic heterocycles. The van der Waals surface area contributed by atoms with Gasteiger partial charge in [-0.1, -0.05) is 19.9 Å². The van der Waals surface area contributed by atoms with Crippen molar-refractivity contribution in [2.24, 2.45) is 14.1 Å². The van der Waals surface area contributed by atoms with Crippen molar-refractivity contribution in [1.29, 1.82) is 0 Å². The van der Waals surface area contributed by atoms with E-state index >= 15 is 0 Å². The third kappa shape index (κ3) is 5.22. The Bertz CT molecular complexity index is 999. The molecule has 0 radical (unpaired) electrons. The normalized spacial score (nSPS) is 11.2. The summed E-state index contributed by atoms with van der Waals surface area (Å²) in [6.07, 6.45) is 3.86. The van der Waals surface area contributed by atoms with Crippen LogP contribution in [0.5, 0.6) is 5.75 Å². The van der Waals surface area contributed by atoms with Crippen LogP contribution in [-0.4, -0.2) is 28.3 Å². The van der Waals surface area contributed by atoms with Crippen LogP contribution in [0.15, 0.2) is 40.1 Å². The minimum atomic E-state index is -0.592. The highest BCUT2D eigenvalue weighted by Crippen LogP contribution is 2.23. The standard InChI is InChI=1S/C21H26N2O5/c1-14(2)18-8-7-17(12-15(18)3)27-10-11-28-19(24)9-6-16-13-22(4)21(26)23(5)20(16)25/h6-9,12-14H,10-11H2,1-5H3/b9-6+. The summed E-state index contributed by atoms with van der Waals surface area (Å²) in [7, 11) is 2.91. The van der Waals surface area contributed by atoms with E-state index in [0.29, 0.717) is 5.92 Å². The molecule has 0 N–H and O–H groups in total. The highest BCUT2D eigenvalue weighted by Gasteiger charge is 2.06. The van der Waals surface area contributed by atoms with Crippen LogP contribution in [0.3, 0.4) is 0 Å². The average Bonchev–Trinajstić information content (AvgIpc) is 2.65. The number of aryl methyl sites for hydroxylation is 2. The fraction of sp³-hybridized carbons (Fsp3) is 0.381. The molecule has 0 bridgehead atoms. The molecule has 0 saturated heterocycles. The van der Waals surface area contributed by atoms with Crippen LogP contribution in [0.2, 0.25) is 0 Å². The van der Waals surface area contributed by atoms with E-state index in [-0.39, 0.29) is 18.8 Å². The van der Waals surface area contributed by atoms with Crippen LogP contribution in [-0.2, 0) is 23.6 Å². The molecule has 1 aromatic carbocycles. The lowest BCUT2D eigenvalue weighted by Crippen LogP contribution is -2.37. The summed E-state index contributed by atoms with van der Waals surface area (Å²) >= 11 is 0. The second-order valence-electron chi connectivity index (χ2n) is 6.86. The number of benzene rings is 1. The van der Waals surface area contributed by atoms with Crippen molar-refractivity contribution in [3.63, 3.8) is 0 Å². The van der Waals surface area contributed by atoms with E-state index in [2.05, 4.69) is 13.8 Å². The van der Waals surface area contributed by atoms with Gasteiger partial charge in [0.1, 0.15) is 19.0 Å². The Kier molecular flexibility index (Phi) is 6.98. The largest absolute Gasteiger partial charge is 0.490 e. The number of rotatable bonds is 7. The monoisotopic (exact) mass is 386 g/mol. The molecule has 150 valence electrons. The topological polar surface area (TPSA) is 79.5 Å². The van der Waals surface area contributed by atoms with Crippen molar-refractivity contribution in [2.75, 3.05) is 13.2 Å². The first-order valence-electron chi connectivity index (χ1n) is 9.05. The molecule has 0 spiro atoms. The Hall–Kier alpha value is -3.09. The smallest absolute Gasteiger partial charge is 0.330 e. The molecule has 0 fully saturated rings. The molecule has 2 aromatic rings. The van der Waals surface area contributed by atoms with Gasteiger partial charge in [-0.25, -0.2) is 9.59 Å². The first-order chi connectivity index (χ1) is 13.2. The predicted octanol–water partition coefficient (Wildman–Crippen LogP) is 2.15. The molecule has 0 amide bonds. The second-order valence-corrected chi connectivity index (χ2v) is 6.86. The molecule has 7 nitrogen and oxygen atoms in total. The Morgan fingerprint density at radius 1 is 1.18 bits per heavy atom. The van der Waals surface area contributed by atoms with Gasteiger partial charge < -0.3 is 14.0 Å². The molecule has 1 aromatic heterocycles. The van der Waals surface area contributed by atoms with Crippen molar-refractivity contribution in [2.45, 2.75) is 26.7 Å². The fourth-order valence-corrected chi connectivity index (χ4v) is 2.84. The highest BCUT2D eigenvalue weighted by molar-refractivity contribution is 5.86. The van der Waals surface area contributed by atoms with Gasteiger partial charge in [0.2, 0.25) is 0 Å². The number of aromatic nitrogens is 2. The van der Waals surface area contributed by atoms with Gasteiger partial charge >= 0.3 is 11.7 Å². The molecule has 2 rings (SSSR count). The van der Waals surface area contributed by atoms with Gasteiger partial charge in [-0.05, 0) is 42.2 Å². The van der Waals surface area contributed by atoms with Gasteiger partial charge in [-0.15, -0.1) is 0 Å². The molecule has 0 aliphatic rings. The summed E-state index contributed by atoms with van der Waals surface area (Å²) in [4.78, 5) is 35.4. The van der Waals surface area contributed by atoms with Gasteiger partial charge in [0.15, 0.2) is 0 Å². The number of carbonyl (C=O) groups excluding carboxylic acids is 1. The zero-order chi connectivity index (χ0) is 20.8. The van der Waals surface area contributed by atoms with Crippen molar-refractivity contribution >= 4 is 12.0 Å². The molecular weight excluding hydrogens is 360 g/mol. The second kappa shape index (κ2) is 9.21. The lowest BCUT2D eigenvalue weighted by atomic mass is 9.98. The van der Waals surface area contributed by atoms with E-state index in [1.165, 1.54) is 36.5 Å². The Morgan fingerprint density at radius 2 is 1.89 bits per heavy atom. The Morgan fingerprint density at radius 3 is 2.54 bits per heavy atom. The molecule has 28 heavy (non-hydrogen) atoms. The molecular formula is C21H26N2O5. The van der Waals surface area contributed by atoms with Crippen LogP contribution < -0.4 is 16.0 Å². The SMILES string of the molecule is Cc1cc(OCCOC(=O)/C=C/c2cn(C)c(=O)n(C)c2=O)ccc1C(C)C. The van der Waals surface area contributed by atoms with E-state index in [1.54, 1.807) is 0 Å². The summed E-state index contributed by atoms with van der Waals surface area (Å²) in [6.45, 7) is 6.62. The average molecular weight is 386 g/mol. The Labute approximate surface area is 163 Å². The molecule has 0 aliphatic carbocycles. The minimum Gasteiger partial charge on any atom is -0.490 e. The summed E-state index contributed by atoms with van der Waals surface area (Å²) in [5.74, 6) is 0.582. The van der Waals surface area contributed by atoms with E-state index < -0.39 is 17.2 Å². The maximum absolute atomic E-state index is 12.0.